The molecule has 0 aliphatic carbocycles. The van der Waals surface area contributed by atoms with E-state index >= 15 is 0 Å². The number of hydrogen-bond donors (Lipinski definition) is 0. The summed E-state index contributed by atoms with van der Waals surface area (Å²) in [7, 11) is 0. The van der Waals surface area contributed by atoms with Gasteiger partial charge in [0.2, 0.25) is 5.91 Å². The second-order valence-electron chi connectivity index (χ2n) is 5.60. The van der Waals surface area contributed by atoms with E-state index in [2.05, 4.69) is 4.74 Å². The fourth-order valence-corrected chi connectivity index (χ4v) is 1.94. The summed E-state index contributed by atoms with van der Waals surface area (Å²) < 4.78 is 48.3. The zero-order valence-electron chi connectivity index (χ0n) is 13.6. The van der Waals surface area contributed by atoms with Crippen molar-refractivity contribution in [2.24, 2.45) is 5.41 Å². The third-order valence-corrected chi connectivity index (χ3v) is 3.86. The number of amides is 2. The first-order valence-corrected chi connectivity index (χ1v) is 7.16. The van der Waals surface area contributed by atoms with Gasteiger partial charge in [0.05, 0.1) is 6.42 Å². The van der Waals surface area contributed by atoms with Gasteiger partial charge < -0.3 is 9.47 Å². The van der Waals surface area contributed by atoms with Gasteiger partial charge in [0, 0.05) is 6.92 Å². The van der Waals surface area contributed by atoms with Crippen molar-refractivity contribution in [2.75, 3.05) is 0 Å². The molecule has 1 heterocycles. The molecule has 0 spiro atoms. The number of esters is 2. The fourth-order valence-electron chi connectivity index (χ4n) is 1.94. The SMILES string of the molecule is CCC(C)(C(=O)OC(C)C(=O)N1C(=O)CC1OC(C)=O)C(F)(F)F. The van der Waals surface area contributed by atoms with Crippen molar-refractivity contribution in [3.63, 3.8) is 0 Å². The van der Waals surface area contributed by atoms with Crippen molar-refractivity contribution in [3.05, 3.63) is 0 Å². The molecule has 0 radical (unpaired) electrons. The highest BCUT2D eigenvalue weighted by atomic mass is 19.4. The lowest BCUT2D eigenvalue weighted by Gasteiger charge is -2.38. The summed E-state index contributed by atoms with van der Waals surface area (Å²) in [5.74, 6) is -4.07. The second kappa shape index (κ2) is 6.78. The molecule has 1 aliphatic heterocycles. The molecule has 10 heteroatoms. The third-order valence-electron chi connectivity index (χ3n) is 3.86. The number of imide groups is 1. The van der Waals surface area contributed by atoms with Crippen molar-refractivity contribution in [3.8, 4) is 0 Å². The Morgan fingerprint density at radius 3 is 2.25 bits per heavy atom. The summed E-state index contributed by atoms with van der Waals surface area (Å²) in [5.41, 5.74) is -2.77. The maximum Gasteiger partial charge on any atom is 0.404 e. The van der Waals surface area contributed by atoms with E-state index in [0.29, 0.717) is 11.8 Å². The molecule has 24 heavy (non-hydrogen) atoms. The van der Waals surface area contributed by atoms with Crippen molar-refractivity contribution < 1.29 is 41.8 Å². The van der Waals surface area contributed by atoms with Crippen LogP contribution in [0.25, 0.3) is 0 Å². The highest BCUT2D eigenvalue weighted by molar-refractivity contribution is 6.02. The number of alkyl halides is 3. The van der Waals surface area contributed by atoms with E-state index < -0.39 is 54.1 Å². The van der Waals surface area contributed by atoms with Crippen LogP contribution in [0.4, 0.5) is 13.2 Å². The van der Waals surface area contributed by atoms with Crippen molar-refractivity contribution >= 4 is 23.8 Å². The average Bonchev–Trinajstić information content (AvgIpc) is 2.43. The van der Waals surface area contributed by atoms with Crippen LogP contribution >= 0.6 is 0 Å². The van der Waals surface area contributed by atoms with Gasteiger partial charge in [-0.1, -0.05) is 6.92 Å². The van der Waals surface area contributed by atoms with Gasteiger partial charge in [-0.25, -0.2) is 4.90 Å². The van der Waals surface area contributed by atoms with Crippen LogP contribution in [0.1, 0.15) is 40.5 Å². The Balaban J connectivity index is 2.81. The highest BCUT2D eigenvalue weighted by Crippen LogP contribution is 2.42. The van der Waals surface area contributed by atoms with E-state index in [0.717, 1.165) is 20.8 Å². The molecule has 1 rings (SSSR count). The Morgan fingerprint density at radius 1 is 1.33 bits per heavy atom. The monoisotopic (exact) mass is 353 g/mol. The Hall–Kier alpha value is -2.13. The Morgan fingerprint density at radius 2 is 1.88 bits per heavy atom. The Labute approximate surface area is 136 Å². The lowest BCUT2D eigenvalue weighted by atomic mass is 9.87. The minimum Gasteiger partial charge on any atom is -0.452 e. The van der Waals surface area contributed by atoms with Gasteiger partial charge in [0.25, 0.3) is 5.91 Å². The molecule has 0 bridgehead atoms. The molecule has 1 aliphatic rings. The summed E-state index contributed by atoms with van der Waals surface area (Å²) in [6, 6.07) is 0. The van der Waals surface area contributed by atoms with Crippen LogP contribution in [0, 0.1) is 5.41 Å². The van der Waals surface area contributed by atoms with Crippen LogP contribution in [0.2, 0.25) is 0 Å². The van der Waals surface area contributed by atoms with Crippen molar-refractivity contribution in [2.45, 2.75) is 59.0 Å². The largest absolute Gasteiger partial charge is 0.452 e. The third kappa shape index (κ3) is 3.68. The van der Waals surface area contributed by atoms with Gasteiger partial charge in [-0.15, -0.1) is 0 Å². The van der Waals surface area contributed by atoms with E-state index in [1.807, 2.05) is 0 Å². The minimum absolute atomic E-state index is 0.221. The highest BCUT2D eigenvalue weighted by Gasteiger charge is 2.57. The number of rotatable bonds is 5. The topological polar surface area (TPSA) is 90.0 Å². The smallest absolute Gasteiger partial charge is 0.404 e. The van der Waals surface area contributed by atoms with Gasteiger partial charge in [-0.05, 0) is 20.3 Å². The molecule has 136 valence electrons. The second-order valence-corrected chi connectivity index (χ2v) is 5.60. The molecule has 0 aromatic carbocycles. The number of likely N-dealkylation sites (tertiary alicyclic amines) is 1. The number of β-lactam (4-membered cyclic amide) rings is 1. The molecular formula is C14H18F3NO6. The normalized spacial score (nSPS) is 21.4. The lowest BCUT2D eigenvalue weighted by molar-refractivity contribution is -0.234. The van der Waals surface area contributed by atoms with Crippen LogP contribution in [-0.2, 0) is 28.7 Å². The first-order chi connectivity index (χ1) is 10.8. The van der Waals surface area contributed by atoms with Crippen LogP contribution in [0.5, 0.6) is 0 Å². The number of hydrogen-bond acceptors (Lipinski definition) is 6. The lowest BCUT2D eigenvalue weighted by Crippen LogP contribution is -2.60. The van der Waals surface area contributed by atoms with Crippen LogP contribution in [-0.4, -0.2) is 47.2 Å². The maximum atomic E-state index is 13.0. The molecule has 3 unspecified atom stereocenters. The predicted octanol–water partition coefficient (Wildman–Crippen LogP) is 1.54. The van der Waals surface area contributed by atoms with Crippen LogP contribution in [0.3, 0.4) is 0 Å². The number of halogens is 3. The average molecular weight is 353 g/mol. The van der Waals surface area contributed by atoms with E-state index in [1.54, 1.807) is 0 Å². The zero-order valence-corrected chi connectivity index (χ0v) is 13.6. The van der Waals surface area contributed by atoms with E-state index in [4.69, 9.17) is 4.74 Å². The Bertz CT molecular complexity index is 561. The summed E-state index contributed by atoms with van der Waals surface area (Å²) in [4.78, 5) is 46.8. The van der Waals surface area contributed by atoms with Gasteiger partial charge in [0.15, 0.2) is 17.7 Å². The molecule has 1 saturated heterocycles. The van der Waals surface area contributed by atoms with Crippen molar-refractivity contribution in [1.82, 2.24) is 4.90 Å². The first kappa shape index (κ1) is 19.9. The van der Waals surface area contributed by atoms with Crippen LogP contribution < -0.4 is 0 Å². The van der Waals surface area contributed by atoms with Crippen LogP contribution in [0.15, 0.2) is 0 Å². The van der Waals surface area contributed by atoms with E-state index in [9.17, 15) is 32.3 Å². The fraction of sp³-hybridized carbons (Fsp3) is 0.714. The molecule has 0 saturated carbocycles. The number of carbonyl (C=O) groups is 4. The first-order valence-electron chi connectivity index (χ1n) is 7.16. The maximum absolute atomic E-state index is 13.0. The van der Waals surface area contributed by atoms with E-state index in [1.165, 1.54) is 0 Å². The molecule has 0 aromatic rings. The molecular weight excluding hydrogens is 335 g/mol. The molecule has 1 fully saturated rings. The number of carbonyl (C=O) groups excluding carboxylic acids is 4. The summed E-state index contributed by atoms with van der Waals surface area (Å²) in [5, 5.41) is 0. The van der Waals surface area contributed by atoms with Gasteiger partial charge in [-0.2, -0.15) is 13.2 Å². The summed E-state index contributed by atoms with van der Waals surface area (Å²) in [6.45, 7) is 3.95. The minimum atomic E-state index is -4.85. The molecule has 0 aromatic heterocycles. The molecule has 7 nitrogen and oxygen atoms in total. The predicted molar refractivity (Wildman–Crippen MR) is 72.0 cm³/mol. The summed E-state index contributed by atoms with van der Waals surface area (Å²) in [6.07, 6.45) is -8.41. The van der Waals surface area contributed by atoms with Gasteiger partial charge in [0.1, 0.15) is 0 Å². The van der Waals surface area contributed by atoms with E-state index in [-0.39, 0.29) is 6.42 Å². The molecule has 3 atom stereocenters. The zero-order chi connectivity index (χ0) is 18.9. The summed E-state index contributed by atoms with van der Waals surface area (Å²) >= 11 is 0. The van der Waals surface area contributed by atoms with Gasteiger partial charge >= 0.3 is 18.1 Å². The molecule has 0 N–H and O–H groups in total. The number of nitrogens with zero attached hydrogens (tertiary/aromatic N) is 1. The standard InChI is InChI=1S/C14H18F3NO6/c1-5-13(4,14(15,16)17)12(22)23-7(2)11(21)18-9(20)6-10(18)24-8(3)19/h7,10H,5-6H2,1-4H3. The number of ether oxygens (including phenoxy) is 2. The van der Waals surface area contributed by atoms with Crippen molar-refractivity contribution in [1.29, 1.82) is 0 Å². The Kier molecular flexibility index (Phi) is 5.62. The molecule has 2 amide bonds. The quantitative estimate of drug-likeness (QED) is 0.550. The van der Waals surface area contributed by atoms with Gasteiger partial charge in [-0.3, -0.25) is 19.2 Å².